The molecular formula is C42H40Cl2FN3O4. The van der Waals surface area contributed by atoms with Gasteiger partial charge in [-0.05, 0) is 96.3 Å². The first-order chi connectivity index (χ1) is 25.2. The normalized spacial score (nSPS) is 13.4. The largest absolute Gasteiger partial charge is 0.493 e. The van der Waals surface area contributed by atoms with Crippen molar-refractivity contribution in [3.63, 3.8) is 0 Å². The molecule has 1 aromatic heterocycles. The van der Waals surface area contributed by atoms with Crippen molar-refractivity contribution in [3.8, 4) is 23.1 Å². The zero-order valence-corrected chi connectivity index (χ0v) is 30.7. The standard InChI is InChI=1S/C42H40Cl2FN3O4/c1-29-23-34(42(38(44)24-29)52-40-15-14-37(26-46-40)51-28-33-4-3-30(2)39(45)25-33)9-16-41(49)48-20-18-47(19-21-48)27-32-7-5-31(6-8-32)17-22-50-36-12-10-35(43)11-13-36/h3-16,23-26H,17-22,27-28H2,1-2H3/b16-9+. The van der Waals surface area contributed by atoms with Crippen LogP contribution >= 0.6 is 23.2 Å². The molecule has 6 rings (SSSR count). The monoisotopic (exact) mass is 739 g/mol. The Morgan fingerprint density at radius 1 is 0.827 bits per heavy atom. The molecule has 5 aromatic rings. The summed E-state index contributed by atoms with van der Waals surface area (Å²) in [6, 6.07) is 28.2. The fraction of sp³-hybridized carbons (Fsp3) is 0.238. The fourth-order valence-corrected chi connectivity index (χ4v) is 6.22. The number of nitrogens with zero attached hydrogens (tertiary/aromatic N) is 3. The van der Waals surface area contributed by atoms with Gasteiger partial charge in [-0.1, -0.05) is 59.6 Å². The van der Waals surface area contributed by atoms with Crippen LogP contribution in [0.4, 0.5) is 4.39 Å². The van der Waals surface area contributed by atoms with E-state index in [0.29, 0.717) is 58.2 Å². The average molecular weight is 741 g/mol. The molecule has 0 N–H and O–H groups in total. The lowest BCUT2D eigenvalue weighted by molar-refractivity contribution is -0.127. The van der Waals surface area contributed by atoms with E-state index < -0.39 is 0 Å². The summed E-state index contributed by atoms with van der Waals surface area (Å²) in [5, 5.41) is 1.10. The molecule has 0 saturated carbocycles. The van der Waals surface area contributed by atoms with Gasteiger partial charge in [-0.15, -0.1) is 0 Å². The number of hydrogen-bond acceptors (Lipinski definition) is 6. The summed E-state index contributed by atoms with van der Waals surface area (Å²) in [6.45, 7) is 8.13. The van der Waals surface area contributed by atoms with E-state index in [4.69, 9.17) is 37.4 Å². The Balaban J connectivity index is 0.977. The molecule has 0 aliphatic carbocycles. The number of aromatic nitrogens is 1. The summed E-state index contributed by atoms with van der Waals surface area (Å²) in [4.78, 5) is 21.8. The quantitative estimate of drug-likeness (QED) is 0.112. The Morgan fingerprint density at radius 3 is 2.25 bits per heavy atom. The van der Waals surface area contributed by atoms with E-state index in [-0.39, 0.29) is 18.3 Å². The van der Waals surface area contributed by atoms with Crippen molar-refractivity contribution in [1.82, 2.24) is 14.8 Å². The topological polar surface area (TPSA) is 64.1 Å². The molecule has 10 heteroatoms. The van der Waals surface area contributed by atoms with Crippen molar-refractivity contribution in [2.45, 2.75) is 33.4 Å². The predicted molar refractivity (Wildman–Crippen MR) is 204 cm³/mol. The highest BCUT2D eigenvalue weighted by molar-refractivity contribution is 6.32. The number of pyridine rings is 1. The van der Waals surface area contributed by atoms with Crippen LogP contribution in [0.25, 0.3) is 6.08 Å². The van der Waals surface area contributed by atoms with Crippen molar-refractivity contribution < 1.29 is 23.4 Å². The molecule has 2 heterocycles. The highest BCUT2D eigenvalue weighted by Gasteiger charge is 2.20. The molecule has 0 radical (unpaired) electrons. The summed E-state index contributed by atoms with van der Waals surface area (Å²) >= 11 is 12.6. The van der Waals surface area contributed by atoms with Crippen LogP contribution in [0.3, 0.4) is 0 Å². The number of benzene rings is 4. The van der Waals surface area contributed by atoms with Crippen LogP contribution in [-0.4, -0.2) is 53.5 Å². The van der Waals surface area contributed by atoms with Gasteiger partial charge in [0.25, 0.3) is 0 Å². The Bertz CT molecular complexity index is 2000. The van der Waals surface area contributed by atoms with Crippen molar-refractivity contribution in [3.05, 3.63) is 153 Å². The van der Waals surface area contributed by atoms with Crippen LogP contribution in [0.1, 0.15) is 33.4 Å². The summed E-state index contributed by atoms with van der Waals surface area (Å²) < 4.78 is 31.6. The second-order valence-corrected chi connectivity index (χ2v) is 13.6. The van der Waals surface area contributed by atoms with E-state index in [2.05, 4.69) is 34.1 Å². The van der Waals surface area contributed by atoms with E-state index in [1.807, 2.05) is 48.2 Å². The van der Waals surface area contributed by atoms with Crippen LogP contribution in [0.5, 0.6) is 23.1 Å². The zero-order chi connectivity index (χ0) is 36.5. The highest BCUT2D eigenvalue weighted by Crippen LogP contribution is 2.35. The van der Waals surface area contributed by atoms with E-state index in [9.17, 15) is 9.18 Å². The molecule has 1 fully saturated rings. The van der Waals surface area contributed by atoms with E-state index in [1.54, 1.807) is 43.3 Å². The maximum absolute atomic E-state index is 13.9. The van der Waals surface area contributed by atoms with E-state index in [0.717, 1.165) is 42.9 Å². The average Bonchev–Trinajstić information content (AvgIpc) is 3.14. The molecular weight excluding hydrogens is 700 g/mol. The van der Waals surface area contributed by atoms with Gasteiger partial charge in [-0.3, -0.25) is 9.69 Å². The van der Waals surface area contributed by atoms with Crippen molar-refractivity contribution in [2.75, 3.05) is 32.8 Å². The summed E-state index contributed by atoms with van der Waals surface area (Å²) in [6.07, 6.45) is 5.67. The lowest BCUT2D eigenvalue weighted by Gasteiger charge is -2.34. The minimum atomic E-state index is -0.268. The molecule has 1 aliphatic heterocycles. The van der Waals surface area contributed by atoms with Gasteiger partial charge in [0.2, 0.25) is 11.8 Å². The van der Waals surface area contributed by atoms with Gasteiger partial charge >= 0.3 is 0 Å². The molecule has 268 valence electrons. The van der Waals surface area contributed by atoms with Gasteiger partial charge in [0.05, 0.1) is 17.8 Å². The second-order valence-electron chi connectivity index (χ2n) is 12.8. The van der Waals surface area contributed by atoms with Crippen LogP contribution < -0.4 is 14.2 Å². The van der Waals surface area contributed by atoms with Crippen molar-refractivity contribution in [1.29, 1.82) is 0 Å². The van der Waals surface area contributed by atoms with E-state index in [1.165, 1.54) is 23.4 Å². The Morgan fingerprint density at radius 2 is 1.54 bits per heavy atom. The lowest BCUT2D eigenvalue weighted by Crippen LogP contribution is -2.47. The smallest absolute Gasteiger partial charge is 0.246 e. The first-order valence-corrected chi connectivity index (χ1v) is 17.9. The Hall–Kier alpha value is -4.89. The minimum absolute atomic E-state index is 0.0681. The maximum Gasteiger partial charge on any atom is 0.246 e. The summed E-state index contributed by atoms with van der Waals surface area (Å²) in [5.41, 5.74) is 5.36. The van der Waals surface area contributed by atoms with Crippen LogP contribution in [0, 0.1) is 19.7 Å². The molecule has 52 heavy (non-hydrogen) atoms. The fourth-order valence-electron chi connectivity index (χ4n) is 5.78. The van der Waals surface area contributed by atoms with Gasteiger partial charge in [0, 0.05) is 61.9 Å². The number of amides is 1. The number of aryl methyl sites for hydroxylation is 2. The third-order valence-electron chi connectivity index (χ3n) is 8.77. The van der Waals surface area contributed by atoms with Crippen LogP contribution in [-0.2, 0) is 24.4 Å². The molecule has 1 amide bonds. The zero-order valence-electron chi connectivity index (χ0n) is 29.2. The second kappa shape index (κ2) is 17.6. The SMILES string of the molecule is Cc1cc(Cl)c(Oc2ccc(OCc3ccc(C)c(F)c3)cn2)c(/C=C/C(=O)N2CCN(Cc3ccc(CCOc4ccc(Cl)cc4)cc3)CC2)c1. The van der Waals surface area contributed by atoms with Crippen molar-refractivity contribution >= 4 is 35.2 Å². The minimum Gasteiger partial charge on any atom is -0.493 e. The maximum atomic E-state index is 13.9. The summed E-state index contributed by atoms with van der Waals surface area (Å²) in [7, 11) is 0. The number of halogens is 3. The third kappa shape index (κ3) is 10.3. The van der Waals surface area contributed by atoms with Gasteiger partial charge in [-0.25, -0.2) is 9.37 Å². The Kier molecular flexibility index (Phi) is 12.5. The molecule has 4 aromatic carbocycles. The number of carbonyl (C=O) groups excluding carboxylic acids is 1. The molecule has 0 spiro atoms. The van der Waals surface area contributed by atoms with Crippen LogP contribution in [0.15, 0.2) is 103 Å². The first-order valence-electron chi connectivity index (χ1n) is 17.2. The molecule has 0 unspecified atom stereocenters. The van der Waals surface area contributed by atoms with Crippen LogP contribution in [0.2, 0.25) is 10.0 Å². The number of carbonyl (C=O) groups is 1. The predicted octanol–water partition coefficient (Wildman–Crippen LogP) is 9.49. The number of hydrogen-bond donors (Lipinski definition) is 0. The molecule has 7 nitrogen and oxygen atoms in total. The number of ether oxygens (including phenoxy) is 3. The summed E-state index contributed by atoms with van der Waals surface area (Å²) in [5.74, 6) is 1.70. The van der Waals surface area contributed by atoms with Gasteiger partial charge < -0.3 is 19.1 Å². The van der Waals surface area contributed by atoms with Gasteiger partial charge in [-0.2, -0.15) is 0 Å². The molecule has 1 saturated heterocycles. The lowest BCUT2D eigenvalue weighted by atomic mass is 10.1. The highest BCUT2D eigenvalue weighted by atomic mass is 35.5. The number of piperazine rings is 1. The van der Waals surface area contributed by atoms with E-state index >= 15 is 0 Å². The number of rotatable bonds is 13. The molecule has 0 atom stereocenters. The molecule has 0 bridgehead atoms. The van der Waals surface area contributed by atoms with Crippen molar-refractivity contribution in [2.24, 2.45) is 0 Å². The molecule has 1 aliphatic rings. The third-order valence-corrected chi connectivity index (χ3v) is 9.30. The van der Waals surface area contributed by atoms with Gasteiger partial charge in [0.1, 0.15) is 23.9 Å². The first kappa shape index (κ1) is 36.9. The Labute approximate surface area is 314 Å². The van der Waals surface area contributed by atoms with Gasteiger partial charge in [0.15, 0.2) is 5.75 Å².